The second-order valence-electron chi connectivity index (χ2n) is 6.71. The molecule has 3 nitrogen and oxygen atoms in total. The summed E-state index contributed by atoms with van der Waals surface area (Å²) >= 11 is 0. The summed E-state index contributed by atoms with van der Waals surface area (Å²) < 4.78 is 0. The normalized spacial score (nSPS) is 23.4. The highest BCUT2D eigenvalue weighted by molar-refractivity contribution is 5.48. The van der Waals surface area contributed by atoms with Gasteiger partial charge in [-0.05, 0) is 50.3 Å². The minimum absolute atomic E-state index is 0.644. The highest BCUT2D eigenvalue weighted by atomic mass is 15.2. The molecule has 0 amide bonds. The number of pyridine rings is 1. The van der Waals surface area contributed by atoms with Gasteiger partial charge in [0.2, 0.25) is 0 Å². The number of hydrogen-bond acceptors (Lipinski definition) is 3. The summed E-state index contributed by atoms with van der Waals surface area (Å²) in [6, 6.07) is 5.05. The van der Waals surface area contributed by atoms with E-state index in [0.29, 0.717) is 12.0 Å². The fourth-order valence-electron chi connectivity index (χ4n) is 2.88. The molecule has 20 heavy (non-hydrogen) atoms. The van der Waals surface area contributed by atoms with Crippen molar-refractivity contribution in [2.45, 2.75) is 53.1 Å². The number of anilines is 1. The van der Waals surface area contributed by atoms with E-state index in [1.807, 2.05) is 6.20 Å². The molecule has 0 aliphatic carbocycles. The molecule has 2 heterocycles. The molecule has 0 bridgehead atoms. The molecule has 1 aromatic rings. The van der Waals surface area contributed by atoms with Crippen LogP contribution in [0.4, 0.5) is 5.69 Å². The second-order valence-corrected chi connectivity index (χ2v) is 6.71. The van der Waals surface area contributed by atoms with E-state index < -0.39 is 0 Å². The van der Waals surface area contributed by atoms with Gasteiger partial charge in [-0.3, -0.25) is 4.98 Å². The smallest absolute Gasteiger partial charge is 0.0562 e. The topological polar surface area (TPSA) is 28.2 Å². The van der Waals surface area contributed by atoms with Crippen LogP contribution in [0.1, 0.15) is 46.2 Å². The maximum absolute atomic E-state index is 4.49. The zero-order chi connectivity index (χ0) is 14.5. The molecule has 1 N–H and O–H groups in total. The molecule has 112 valence electrons. The van der Waals surface area contributed by atoms with E-state index in [0.717, 1.165) is 24.7 Å². The van der Waals surface area contributed by atoms with E-state index in [-0.39, 0.29) is 0 Å². The Morgan fingerprint density at radius 2 is 2.15 bits per heavy atom. The number of aromatic nitrogens is 1. The molecule has 0 radical (unpaired) electrons. The molecule has 0 spiro atoms. The Bertz CT molecular complexity index is 416. The Morgan fingerprint density at radius 1 is 1.35 bits per heavy atom. The maximum Gasteiger partial charge on any atom is 0.0562 e. The van der Waals surface area contributed by atoms with Gasteiger partial charge in [0.25, 0.3) is 0 Å². The van der Waals surface area contributed by atoms with Crippen LogP contribution in [-0.4, -0.2) is 24.1 Å². The first-order valence-electron chi connectivity index (χ1n) is 7.98. The summed E-state index contributed by atoms with van der Waals surface area (Å²) in [6.45, 7) is 12.2. The molecule has 2 rings (SSSR count). The van der Waals surface area contributed by atoms with Crippen LogP contribution >= 0.6 is 0 Å². The summed E-state index contributed by atoms with van der Waals surface area (Å²) in [6.07, 6.45) is 4.60. The Hall–Kier alpha value is -1.09. The number of piperidine rings is 1. The predicted molar refractivity (Wildman–Crippen MR) is 86.0 cm³/mol. The first-order valence-corrected chi connectivity index (χ1v) is 7.98. The van der Waals surface area contributed by atoms with E-state index in [2.05, 4.69) is 55.0 Å². The molecular formula is C17H29N3. The first-order chi connectivity index (χ1) is 9.56. The lowest BCUT2D eigenvalue weighted by Gasteiger charge is -2.38. The van der Waals surface area contributed by atoms with E-state index in [1.54, 1.807) is 0 Å². The second kappa shape index (κ2) is 7.07. The molecule has 1 aromatic heterocycles. The molecular weight excluding hydrogens is 246 g/mol. The fourth-order valence-corrected chi connectivity index (χ4v) is 2.88. The fraction of sp³-hybridized carbons (Fsp3) is 0.706. The summed E-state index contributed by atoms with van der Waals surface area (Å²) in [4.78, 5) is 7.03. The van der Waals surface area contributed by atoms with Crippen LogP contribution in [0.3, 0.4) is 0 Å². The quantitative estimate of drug-likeness (QED) is 0.892. The summed E-state index contributed by atoms with van der Waals surface area (Å²) in [5.41, 5.74) is 2.48. The zero-order valence-corrected chi connectivity index (χ0v) is 13.4. The lowest BCUT2D eigenvalue weighted by atomic mass is 9.94. The van der Waals surface area contributed by atoms with Crippen molar-refractivity contribution in [2.75, 3.05) is 18.0 Å². The van der Waals surface area contributed by atoms with Crippen LogP contribution in [0, 0.1) is 11.8 Å². The van der Waals surface area contributed by atoms with Crippen LogP contribution in [0.5, 0.6) is 0 Å². The molecule has 1 aliphatic heterocycles. The van der Waals surface area contributed by atoms with Crippen molar-refractivity contribution in [2.24, 2.45) is 11.8 Å². The molecule has 0 saturated carbocycles. The Morgan fingerprint density at radius 3 is 2.90 bits per heavy atom. The average Bonchev–Trinajstić information content (AvgIpc) is 2.41. The largest absolute Gasteiger partial charge is 0.368 e. The van der Waals surface area contributed by atoms with Gasteiger partial charge in [-0.1, -0.05) is 20.8 Å². The van der Waals surface area contributed by atoms with Crippen molar-refractivity contribution < 1.29 is 0 Å². The lowest BCUT2D eigenvalue weighted by Crippen LogP contribution is -2.41. The van der Waals surface area contributed by atoms with Crippen molar-refractivity contribution >= 4 is 5.69 Å². The van der Waals surface area contributed by atoms with Gasteiger partial charge in [-0.15, -0.1) is 0 Å². The van der Waals surface area contributed by atoms with E-state index >= 15 is 0 Å². The lowest BCUT2D eigenvalue weighted by molar-refractivity contribution is 0.390. The van der Waals surface area contributed by atoms with Crippen molar-refractivity contribution in [3.8, 4) is 0 Å². The van der Waals surface area contributed by atoms with Gasteiger partial charge in [0.15, 0.2) is 0 Å². The highest BCUT2D eigenvalue weighted by Gasteiger charge is 2.23. The van der Waals surface area contributed by atoms with Crippen LogP contribution in [0.15, 0.2) is 18.3 Å². The predicted octanol–water partition coefficient (Wildman–Crippen LogP) is 3.45. The van der Waals surface area contributed by atoms with Crippen LogP contribution < -0.4 is 10.2 Å². The SMILES string of the molecule is CC(C)CNCc1cc(N2CC(C)CCC2C)ccn1. The van der Waals surface area contributed by atoms with E-state index in [1.165, 1.54) is 25.1 Å². The van der Waals surface area contributed by atoms with Gasteiger partial charge in [0.1, 0.15) is 0 Å². The highest BCUT2D eigenvalue weighted by Crippen LogP contribution is 2.27. The monoisotopic (exact) mass is 275 g/mol. The number of hydrogen-bond donors (Lipinski definition) is 1. The molecule has 3 heteroatoms. The van der Waals surface area contributed by atoms with Crippen LogP contribution in [0.2, 0.25) is 0 Å². The van der Waals surface area contributed by atoms with Crippen molar-refractivity contribution in [1.29, 1.82) is 0 Å². The maximum atomic E-state index is 4.49. The van der Waals surface area contributed by atoms with Gasteiger partial charge < -0.3 is 10.2 Å². The van der Waals surface area contributed by atoms with Gasteiger partial charge in [-0.25, -0.2) is 0 Å². The molecule has 1 fully saturated rings. The first kappa shape index (κ1) is 15.3. The van der Waals surface area contributed by atoms with Crippen LogP contribution in [0.25, 0.3) is 0 Å². The summed E-state index contributed by atoms with van der Waals surface area (Å²) in [5.74, 6) is 1.48. The minimum atomic E-state index is 0.644. The van der Waals surface area contributed by atoms with Crippen LogP contribution in [-0.2, 0) is 6.54 Å². The Kier molecular flexibility index (Phi) is 5.41. The van der Waals surface area contributed by atoms with Gasteiger partial charge in [-0.2, -0.15) is 0 Å². The Balaban J connectivity index is 2.01. The molecule has 0 aromatic carbocycles. The minimum Gasteiger partial charge on any atom is -0.368 e. The van der Waals surface area contributed by atoms with Gasteiger partial charge >= 0.3 is 0 Å². The average molecular weight is 275 g/mol. The Labute approximate surface area is 123 Å². The number of nitrogens with zero attached hydrogens (tertiary/aromatic N) is 2. The van der Waals surface area contributed by atoms with E-state index in [9.17, 15) is 0 Å². The standard InChI is InChI=1S/C17H29N3/c1-13(2)10-18-11-16-9-17(7-8-19-16)20-12-14(3)5-6-15(20)4/h7-9,13-15,18H,5-6,10-12H2,1-4H3. The number of rotatable bonds is 5. The number of nitrogens with one attached hydrogen (secondary N) is 1. The molecule has 2 atom stereocenters. The third-order valence-electron chi connectivity index (χ3n) is 4.11. The van der Waals surface area contributed by atoms with Crippen molar-refractivity contribution in [3.63, 3.8) is 0 Å². The molecule has 2 unspecified atom stereocenters. The van der Waals surface area contributed by atoms with Crippen molar-refractivity contribution in [1.82, 2.24) is 10.3 Å². The van der Waals surface area contributed by atoms with Crippen molar-refractivity contribution in [3.05, 3.63) is 24.0 Å². The summed E-state index contributed by atoms with van der Waals surface area (Å²) in [5, 5.41) is 3.47. The third kappa shape index (κ3) is 4.20. The van der Waals surface area contributed by atoms with Gasteiger partial charge in [0, 0.05) is 31.0 Å². The zero-order valence-electron chi connectivity index (χ0n) is 13.4. The van der Waals surface area contributed by atoms with E-state index in [4.69, 9.17) is 0 Å². The van der Waals surface area contributed by atoms with Gasteiger partial charge in [0.05, 0.1) is 5.69 Å². The molecule has 1 saturated heterocycles. The summed E-state index contributed by atoms with van der Waals surface area (Å²) in [7, 11) is 0. The third-order valence-corrected chi connectivity index (χ3v) is 4.11. The molecule has 1 aliphatic rings.